The van der Waals surface area contributed by atoms with Crippen LogP contribution in [0, 0.1) is 6.92 Å². The zero-order chi connectivity index (χ0) is 16.1. The van der Waals surface area contributed by atoms with E-state index in [1.807, 2.05) is 13.0 Å². The average Bonchev–Trinajstić information content (AvgIpc) is 2.61. The second-order valence-electron chi connectivity index (χ2n) is 5.53. The van der Waals surface area contributed by atoms with Gasteiger partial charge in [-0.2, -0.15) is 0 Å². The first-order chi connectivity index (χ1) is 11.2. The normalized spacial score (nSPS) is 18.0. The van der Waals surface area contributed by atoms with Crippen molar-refractivity contribution in [2.75, 3.05) is 19.7 Å². The van der Waals surface area contributed by atoms with Gasteiger partial charge in [0, 0.05) is 31.2 Å². The lowest BCUT2D eigenvalue weighted by molar-refractivity contribution is -0.0248. The fraction of sp³-hybridized carbons (Fsp3) is 0.438. The van der Waals surface area contributed by atoms with Crippen molar-refractivity contribution in [3.8, 4) is 0 Å². The number of carbonyl (C=O) groups is 1. The van der Waals surface area contributed by atoms with E-state index < -0.39 is 0 Å². The van der Waals surface area contributed by atoms with Gasteiger partial charge in [0.2, 0.25) is 0 Å². The number of morpholine rings is 1. The first kappa shape index (κ1) is 15.5. The number of hydrogen-bond donors (Lipinski definition) is 0. The topological polar surface area (TPSA) is 81.1 Å². The molecule has 0 saturated carbocycles. The number of rotatable bonds is 4. The van der Waals surface area contributed by atoms with E-state index in [4.69, 9.17) is 4.74 Å². The molecule has 2 aromatic rings. The van der Waals surface area contributed by atoms with Crippen molar-refractivity contribution < 1.29 is 9.53 Å². The van der Waals surface area contributed by atoms with Gasteiger partial charge in [0.25, 0.3) is 5.91 Å². The monoisotopic (exact) mass is 313 g/mol. The molecule has 0 aliphatic carbocycles. The van der Waals surface area contributed by atoms with E-state index >= 15 is 0 Å². The number of ether oxygens (including phenoxy) is 1. The molecule has 0 bridgehead atoms. The van der Waals surface area contributed by atoms with Crippen LogP contribution < -0.4 is 0 Å². The van der Waals surface area contributed by atoms with Gasteiger partial charge in [-0.05, 0) is 25.8 Å². The first-order valence-electron chi connectivity index (χ1n) is 7.67. The van der Waals surface area contributed by atoms with Crippen LogP contribution in [-0.4, -0.2) is 56.5 Å². The molecule has 1 atom stereocenters. The number of carbonyl (C=O) groups excluding carboxylic acids is 1. The summed E-state index contributed by atoms with van der Waals surface area (Å²) in [6.07, 6.45) is 8.06. The first-order valence-corrected chi connectivity index (χ1v) is 7.67. The third-order valence-corrected chi connectivity index (χ3v) is 3.79. The highest BCUT2D eigenvalue weighted by Crippen LogP contribution is 2.13. The van der Waals surface area contributed by atoms with Crippen molar-refractivity contribution >= 4 is 5.91 Å². The summed E-state index contributed by atoms with van der Waals surface area (Å²) in [5.74, 6) is -0.0900. The molecular weight excluding hydrogens is 294 g/mol. The molecule has 0 aromatic carbocycles. The van der Waals surface area contributed by atoms with Gasteiger partial charge >= 0.3 is 0 Å². The standard InChI is InChI=1S/C16H19N5O2/c1-12-8-19-15(9-18-12)16(22)21-6-7-23-14(10-21)3-2-13-4-5-17-11-20-13/h4-5,8-9,11,14H,2-3,6-7,10H2,1H3/t14-/m0/s1. The summed E-state index contributed by atoms with van der Waals surface area (Å²) in [6, 6.07) is 1.90. The number of aromatic nitrogens is 4. The summed E-state index contributed by atoms with van der Waals surface area (Å²) in [5.41, 5.74) is 2.16. The Morgan fingerprint density at radius 3 is 3.00 bits per heavy atom. The van der Waals surface area contributed by atoms with Crippen LogP contribution in [0.15, 0.2) is 31.0 Å². The van der Waals surface area contributed by atoms with Crippen molar-refractivity contribution in [2.24, 2.45) is 0 Å². The maximum Gasteiger partial charge on any atom is 0.274 e. The quantitative estimate of drug-likeness (QED) is 0.839. The highest BCUT2D eigenvalue weighted by Gasteiger charge is 2.25. The Kier molecular flexibility index (Phi) is 4.87. The van der Waals surface area contributed by atoms with Gasteiger partial charge in [-0.15, -0.1) is 0 Å². The van der Waals surface area contributed by atoms with Gasteiger partial charge < -0.3 is 9.64 Å². The molecule has 0 spiro atoms. The molecule has 7 heteroatoms. The third-order valence-electron chi connectivity index (χ3n) is 3.79. The predicted molar refractivity (Wildman–Crippen MR) is 82.8 cm³/mol. The Bertz CT molecular complexity index is 647. The largest absolute Gasteiger partial charge is 0.375 e. The van der Waals surface area contributed by atoms with Crippen molar-refractivity contribution in [3.05, 3.63) is 48.1 Å². The smallest absolute Gasteiger partial charge is 0.274 e. The van der Waals surface area contributed by atoms with E-state index in [-0.39, 0.29) is 12.0 Å². The summed E-state index contributed by atoms with van der Waals surface area (Å²) in [5, 5.41) is 0. The highest BCUT2D eigenvalue weighted by atomic mass is 16.5. The van der Waals surface area contributed by atoms with E-state index in [1.165, 1.54) is 6.20 Å². The maximum absolute atomic E-state index is 12.5. The number of nitrogens with zero attached hydrogens (tertiary/aromatic N) is 5. The van der Waals surface area contributed by atoms with Gasteiger partial charge in [0.1, 0.15) is 12.0 Å². The molecule has 0 N–H and O–H groups in total. The molecule has 1 saturated heterocycles. The predicted octanol–water partition coefficient (Wildman–Crippen LogP) is 1.05. The Hall–Kier alpha value is -2.41. The fourth-order valence-electron chi connectivity index (χ4n) is 2.52. The minimum Gasteiger partial charge on any atom is -0.375 e. The van der Waals surface area contributed by atoms with E-state index in [0.717, 1.165) is 24.2 Å². The molecule has 0 unspecified atom stereocenters. The van der Waals surface area contributed by atoms with Gasteiger partial charge in [-0.1, -0.05) is 0 Å². The Morgan fingerprint density at radius 2 is 2.26 bits per heavy atom. The average molecular weight is 313 g/mol. The Morgan fingerprint density at radius 1 is 1.35 bits per heavy atom. The van der Waals surface area contributed by atoms with Crippen molar-refractivity contribution in [1.29, 1.82) is 0 Å². The van der Waals surface area contributed by atoms with Crippen LogP contribution in [0.4, 0.5) is 0 Å². The maximum atomic E-state index is 12.5. The summed E-state index contributed by atoms with van der Waals surface area (Å²) < 4.78 is 5.76. The molecule has 0 radical (unpaired) electrons. The second kappa shape index (κ2) is 7.23. The molecule has 1 fully saturated rings. The minimum absolute atomic E-state index is 0.0149. The number of hydrogen-bond acceptors (Lipinski definition) is 6. The van der Waals surface area contributed by atoms with Crippen LogP contribution in [0.25, 0.3) is 0 Å². The Labute approximate surface area is 134 Å². The fourth-order valence-corrected chi connectivity index (χ4v) is 2.52. The molecule has 1 aliphatic heterocycles. The van der Waals surface area contributed by atoms with Crippen molar-refractivity contribution in [1.82, 2.24) is 24.8 Å². The SMILES string of the molecule is Cc1cnc(C(=O)N2CCO[C@@H](CCc3ccncn3)C2)cn1. The molecule has 23 heavy (non-hydrogen) atoms. The lowest BCUT2D eigenvalue weighted by atomic mass is 10.1. The van der Waals surface area contributed by atoms with Gasteiger partial charge in [0.15, 0.2) is 0 Å². The number of amides is 1. The third kappa shape index (κ3) is 4.07. The lowest BCUT2D eigenvalue weighted by Crippen LogP contribution is -2.46. The molecule has 3 heterocycles. The molecule has 120 valence electrons. The van der Waals surface area contributed by atoms with Crippen LogP contribution in [0.3, 0.4) is 0 Å². The van der Waals surface area contributed by atoms with Crippen LogP contribution >= 0.6 is 0 Å². The van der Waals surface area contributed by atoms with Crippen LogP contribution in [-0.2, 0) is 11.2 Å². The van der Waals surface area contributed by atoms with E-state index in [9.17, 15) is 4.79 Å². The molecule has 2 aromatic heterocycles. The van der Waals surface area contributed by atoms with E-state index in [0.29, 0.717) is 25.4 Å². The molecule has 1 amide bonds. The molecule has 7 nitrogen and oxygen atoms in total. The van der Waals surface area contributed by atoms with Crippen LogP contribution in [0.5, 0.6) is 0 Å². The zero-order valence-electron chi connectivity index (χ0n) is 13.1. The van der Waals surface area contributed by atoms with Gasteiger partial charge in [0.05, 0.1) is 24.6 Å². The van der Waals surface area contributed by atoms with Crippen LogP contribution in [0.2, 0.25) is 0 Å². The molecular formula is C16H19N5O2. The summed E-state index contributed by atoms with van der Waals surface area (Å²) in [7, 11) is 0. The van der Waals surface area contributed by atoms with Gasteiger partial charge in [-0.3, -0.25) is 9.78 Å². The van der Waals surface area contributed by atoms with E-state index in [1.54, 1.807) is 23.6 Å². The Balaban J connectivity index is 1.57. The summed E-state index contributed by atoms with van der Waals surface area (Å²) in [4.78, 5) is 30.7. The lowest BCUT2D eigenvalue weighted by Gasteiger charge is -2.32. The molecule has 1 aliphatic rings. The number of aryl methyl sites for hydroxylation is 2. The van der Waals surface area contributed by atoms with Crippen molar-refractivity contribution in [3.63, 3.8) is 0 Å². The van der Waals surface area contributed by atoms with Gasteiger partial charge in [-0.25, -0.2) is 15.0 Å². The summed E-state index contributed by atoms with van der Waals surface area (Å²) in [6.45, 7) is 3.54. The van der Waals surface area contributed by atoms with E-state index in [2.05, 4.69) is 19.9 Å². The summed E-state index contributed by atoms with van der Waals surface area (Å²) >= 11 is 0. The highest BCUT2D eigenvalue weighted by molar-refractivity contribution is 5.92. The minimum atomic E-state index is -0.0900. The van der Waals surface area contributed by atoms with Crippen LogP contribution in [0.1, 0.15) is 28.3 Å². The van der Waals surface area contributed by atoms with Crippen molar-refractivity contribution in [2.45, 2.75) is 25.9 Å². The second-order valence-corrected chi connectivity index (χ2v) is 5.53. The zero-order valence-corrected chi connectivity index (χ0v) is 13.1. The molecule has 3 rings (SSSR count).